The Morgan fingerprint density at radius 2 is 1.93 bits per heavy atom. The van der Waals surface area contributed by atoms with Gasteiger partial charge in [0.25, 0.3) is 0 Å². The molecule has 0 bridgehead atoms. The van der Waals surface area contributed by atoms with Gasteiger partial charge >= 0.3 is 0 Å². The maximum atomic E-state index is 6.18. The molecule has 27 heavy (non-hydrogen) atoms. The maximum Gasteiger partial charge on any atom is 0.118 e. The van der Waals surface area contributed by atoms with E-state index < -0.39 is 0 Å². The molecule has 0 saturated carbocycles. The molecule has 4 rings (SSSR count). The number of benzene rings is 1. The molecule has 0 unspecified atom stereocenters. The lowest BCUT2D eigenvalue weighted by atomic mass is 10.1. The zero-order chi connectivity index (χ0) is 18.6. The van der Waals surface area contributed by atoms with Crippen LogP contribution in [0.5, 0.6) is 5.75 Å². The van der Waals surface area contributed by atoms with Crippen molar-refractivity contribution in [3.63, 3.8) is 0 Å². The lowest BCUT2D eigenvalue weighted by molar-refractivity contribution is 0.0439. The van der Waals surface area contributed by atoms with Crippen molar-refractivity contribution in [3.05, 3.63) is 59.4 Å². The second kappa shape index (κ2) is 8.38. The fourth-order valence-electron chi connectivity index (χ4n) is 4.20. The number of methoxy groups -OCH3 is 1. The van der Waals surface area contributed by atoms with E-state index in [1.807, 2.05) is 31.2 Å². The summed E-state index contributed by atoms with van der Waals surface area (Å²) in [6.45, 7) is 8.06. The molecule has 0 spiro atoms. The van der Waals surface area contributed by atoms with Crippen LogP contribution in [0.2, 0.25) is 0 Å². The van der Waals surface area contributed by atoms with Crippen LogP contribution < -0.4 is 4.74 Å². The van der Waals surface area contributed by atoms with Crippen molar-refractivity contribution in [1.82, 2.24) is 14.8 Å². The molecule has 2 aliphatic heterocycles. The van der Waals surface area contributed by atoms with E-state index >= 15 is 0 Å². The van der Waals surface area contributed by atoms with E-state index in [0.717, 1.165) is 56.3 Å². The number of hydrogen-bond donors (Lipinski definition) is 0. The van der Waals surface area contributed by atoms with Gasteiger partial charge in [-0.2, -0.15) is 0 Å². The van der Waals surface area contributed by atoms with Crippen LogP contribution in [0.15, 0.2) is 42.5 Å². The van der Waals surface area contributed by atoms with E-state index in [-0.39, 0.29) is 0 Å². The summed E-state index contributed by atoms with van der Waals surface area (Å²) < 4.78 is 11.4. The van der Waals surface area contributed by atoms with Crippen LogP contribution in [-0.4, -0.2) is 60.2 Å². The minimum atomic E-state index is 0.318. The maximum absolute atomic E-state index is 6.18. The third-order valence-electron chi connectivity index (χ3n) is 5.64. The number of aryl methyl sites for hydroxylation is 1. The highest BCUT2D eigenvalue weighted by atomic mass is 16.5. The predicted octanol–water partition coefficient (Wildman–Crippen LogP) is 2.87. The molecular weight excluding hydrogens is 338 g/mol. The second-order valence-electron chi connectivity index (χ2n) is 7.67. The van der Waals surface area contributed by atoms with Crippen LogP contribution in [-0.2, 0) is 17.9 Å². The highest BCUT2D eigenvalue weighted by Crippen LogP contribution is 2.26. The minimum absolute atomic E-state index is 0.318. The van der Waals surface area contributed by atoms with Crippen LogP contribution in [0.4, 0.5) is 0 Å². The van der Waals surface area contributed by atoms with Crippen LogP contribution in [0.25, 0.3) is 0 Å². The fourth-order valence-corrected chi connectivity index (χ4v) is 4.20. The zero-order valence-electron chi connectivity index (χ0n) is 16.3. The van der Waals surface area contributed by atoms with Gasteiger partial charge in [0.1, 0.15) is 5.75 Å². The van der Waals surface area contributed by atoms with Crippen LogP contribution in [0, 0.1) is 6.92 Å². The van der Waals surface area contributed by atoms with Crippen LogP contribution in [0.1, 0.15) is 23.4 Å². The van der Waals surface area contributed by atoms with Gasteiger partial charge in [-0.1, -0.05) is 18.2 Å². The molecule has 0 N–H and O–H groups in total. The summed E-state index contributed by atoms with van der Waals surface area (Å²) >= 11 is 0. The Hall–Kier alpha value is -1.95. The Morgan fingerprint density at radius 1 is 1.07 bits per heavy atom. The monoisotopic (exact) mass is 367 g/mol. The summed E-state index contributed by atoms with van der Waals surface area (Å²) in [6.07, 6.45) is 1.43. The minimum Gasteiger partial charge on any atom is -0.497 e. The van der Waals surface area contributed by atoms with E-state index in [1.165, 1.54) is 5.56 Å². The van der Waals surface area contributed by atoms with E-state index in [1.54, 1.807) is 7.11 Å². The van der Waals surface area contributed by atoms with Gasteiger partial charge in [-0.05, 0) is 43.2 Å². The first-order chi connectivity index (χ1) is 13.2. The number of hydrogen-bond acceptors (Lipinski definition) is 5. The molecule has 2 aromatic rings. The van der Waals surface area contributed by atoms with Gasteiger partial charge in [-0.25, -0.2) is 0 Å². The summed E-state index contributed by atoms with van der Waals surface area (Å²) in [4.78, 5) is 9.70. The molecule has 5 heteroatoms. The van der Waals surface area contributed by atoms with Gasteiger partial charge in [0, 0.05) is 44.5 Å². The average Bonchev–Trinajstić information content (AvgIpc) is 3.09. The number of ether oxygens (including phenoxy) is 2. The Balaban J connectivity index is 1.27. The zero-order valence-corrected chi connectivity index (χ0v) is 16.3. The topological polar surface area (TPSA) is 37.8 Å². The molecule has 1 aromatic heterocycles. The number of aromatic nitrogens is 1. The van der Waals surface area contributed by atoms with Crippen molar-refractivity contribution in [2.24, 2.45) is 0 Å². The molecule has 3 heterocycles. The quantitative estimate of drug-likeness (QED) is 0.785. The summed E-state index contributed by atoms with van der Waals surface area (Å²) in [7, 11) is 1.71. The van der Waals surface area contributed by atoms with Crippen molar-refractivity contribution >= 4 is 0 Å². The molecular formula is C22H29N3O2. The molecule has 0 radical (unpaired) electrons. The van der Waals surface area contributed by atoms with E-state index in [4.69, 9.17) is 9.47 Å². The van der Waals surface area contributed by atoms with Gasteiger partial charge in [0.2, 0.25) is 0 Å². The van der Waals surface area contributed by atoms with Crippen molar-refractivity contribution in [2.75, 3.05) is 33.3 Å². The number of pyridine rings is 1. The molecule has 0 amide bonds. The Labute approximate surface area is 161 Å². The molecule has 0 aliphatic carbocycles. The molecule has 2 atom stereocenters. The van der Waals surface area contributed by atoms with Crippen molar-refractivity contribution < 1.29 is 9.47 Å². The first-order valence-corrected chi connectivity index (χ1v) is 9.83. The van der Waals surface area contributed by atoms with Crippen LogP contribution >= 0.6 is 0 Å². The molecule has 2 fully saturated rings. The normalized spacial score (nSPS) is 23.3. The van der Waals surface area contributed by atoms with E-state index in [0.29, 0.717) is 18.8 Å². The summed E-state index contributed by atoms with van der Waals surface area (Å²) in [5.74, 6) is 0.919. The molecule has 5 nitrogen and oxygen atoms in total. The van der Waals surface area contributed by atoms with Crippen molar-refractivity contribution in [3.8, 4) is 5.75 Å². The fraction of sp³-hybridized carbons (Fsp3) is 0.500. The Kier molecular flexibility index (Phi) is 5.72. The number of fused-ring (bicyclic) bond motifs is 1. The summed E-state index contributed by atoms with van der Waals surface area (Å²) in [6, 6.07) is 15.2. The van der Waals surface area contributed by atoms with E-state index in [9.17, 15) is 0 Å². The van der Waals surface area contributed by atoms with Gasteiger partial charge in [-0.3, -0.25) is 14.8 Å². The molecule has 1 aromatic carbocycles. The summed E-state index contributed by atoms with van der Waals surface area (Å²) in [5, 5.41) is 0. The van der Waals surface area contributed by atoms with Crippen LogP contribution in [0.3, 0.4) is 0 Å². The second-order valence-corrected chi connectivity index (χ2v) is 7.67. The predicted molar refractivity (Wildman–Crippen MR) is 106 cm³/mol. The van der Waals surface area contributed by atoms with Gasteiger partial charge in [0.05, 0.1) is 25.5 Å². The summed E-state index contributed by atoms with van der Waals surface area (Å²) in [5.41, 5.74) is 3.43. The van der Waals surface area contributed by atoms with Gasteiger partial charge in [-0.15, -0.1) is 0 Å². The Bertz CT molecular complexity index is 749. The lowest BCUT2D eigenvalue weighted by Gasteiger charge is -2.37. The number of rotatable bonds is 6. The number of nitrogens with zero attached hydrogens (tertiary/aromatic N) is 3. The lowest BCUT2D eigenvalue weighted by Crippen LogP contribution is -2.49. The van der Waals surface area contributed by atoms with Crippen molar-refractivity contribution in [2.45, 2.75) is 38.6 Å². The third-order valence-corrected chi connectivity index (χ3v) is 5.64. The first-order valence-electron chi connectivity index (χ1n) is 9.83. The van der Waals surface area contributed by atoms with E-state index in [2.05, 4.69) is 33.0 Å². The SMILES string of the molecule is COc1ccc(CN2CCN3C[C@H](OCc4cccc(C)n4)C[C@@H]3C2)cc1. The molecule has 2 saturated heterocycles. The first kappa shape index (κ1) is 18.4. The highest BCUT2D eigenvalue weighted by Gasteiger charge is 2.36. The Morgan fingerprint density at radius 3 is 2.70 bits per heavy atom. The standard InChI is InChI=1S/C22H29N3O2/c1-17-4-3-5-19(23-17)16-27-22-12-20-14-24(10-11-25(20)15-22)13-18-6-8-21(26-2)9-7-18/h3-9,20,22H,10-16H2,1-2H3/t20-,22-/m1/s1. The largest absolute Gasteiger partial charge is 0.497 e. The molecule has 2 aliphatic rings. The van der Waals surface area contributed by atoms with Gasteiger partial charge in [0.15, 0.2) is 0 Å². The third kappa shape index (κ3) is 4.67. The number of piperazine rings is 1. The average molecular weight is 367 g/mol. The highest BCUT2D eigenvalue weighted by molar-refractivity contribution is 5.27. The van der Waals surface area contributed by atoms with Gasteiger partial charge < -0.3 is 9.47 Å². The molecule has 144 valence electrons. The smallest absolute Gasteiger partial charge is 0.118 e. The van der Waals surface area contributed by atoms with Crippen molar-refractivity contribution in [1.29, 1.82) is 0 Å².